The molecule has 4 heterocycles. The fourth-order valence-corrected chi connectivity index (χ4v) is 6.74. The molecule has 2 atom stereocenters. The lowest BCUT2D eigenvalue weighted by Crippen LogP contribution is -2.36. The second kappa shape index (κ2) is 12.8. The fraction of sp³-hybridized carbons (Fsp3) is 0.343. The number of nitrogens with one attached hydrogen (secondary N) is 2. The van der Waals surface area contributed by atoms with Crippen LogP contribution in [-0.4, -0.2) is 58.3 Å². The summed E-state index contributed by atoms with van der Waals surface area (Å²) in [6, 6.07) is 22.8. The number of carbonyl (C=O) groups is 1. The van der Waals surface area contributed by atoms with Crippen molar-refractivity contribution in [3.63, 3.8) is 0 Å². The van der Waals surface area contributed by atoms with Crippen LogP contribution in [0.25, 0.3) is 5.69 Å². The number of pyridine rings is 1. The second-order valence-corrected chi connectivity index (χ2v) is 12.1. The maximum absolute atomic E-state index is 13.2. The zero-order valence-corrected chi connectivity index (χ0v) is 26.7. The molecule has 0 aliphatic carbocycles. The molecule has 0 unspecified atom stereocenters. The van der Waals surface area contributed by atoms with Crippen molar-refractivity contribution in [3.05, 3.63) is 107 Å². The quantitative estimate of drug-likeness (QED) is 0.240. The third kappa shape index (κ3) is 6.07. The number of hydrogen-bond acceptors (Lipinski definition) is 5. The normalized spacial score (nSPS) is 18.4. The van der Waals surface area contributed by atoms with Crippen molar-refractivity contribution in [2.45, 2.75) is 46.2 Å². The molecule has 0 radical (unpaired) electrons. The van der Waals surface area contributed by atoms with Crippen molar-refractivity contribution >= 4 is 34.6 Å². The molecule has 2 aromatic heterocycles. The van der Waals surface area contributed by atoms with E-state index in [2.05, 4.69) is 75.2 Å². The molecule has 0 bridgehead atoms. The van der Waals surface area contributed by atoms with Crippen molar-refractivity contribution in [1.29, 1.82) is 0 Å². The van der Waals surface area contributed by atoms with E-state index >= 15 is 0 Å². The number of anilines is 2. The summed E-state index contributed by atoms with van der Waals surface area (Å²) < 4.78 is 7.84. The van der Waals surface area contributed by atoms with Crippen molar-refractivity contribution < 1.29 is 9.53 Å². The first kappa shape index (κ1) is 29.8. The van der Waals surface area contributed by atoms with Crippen LogP contribution in [0.1, 0.15) is 52.3 Å². The Labute approximate surface area is 265 Å². The van der Waals surface area contributed by atoms with Crippen molar-refractivity contribution in [3.8, 4) is 5.69 Å². The summed E-state index contributed by atoms with van der Waals surface area (Å²) >= 11 is 5.90. The number of nitrogens with zero attached hydrogens (tertiary/aromatic N) is 4. The number of benzene rings is 2. The number of carbonyl (C=O) groups excluding carboxylic acids is 1. The monoisotopic (exact) mass is 608 g/mol. The van der Waals surface area contributed by atoms with Gasteiger partial charge in [-0.2, -0.15) is 0 Å². The van der Waals surface area contributed by atoms with Gasteiger partial charge in [0, 0.05) is 60.7 Å². The minimum Gasteiger partial charge on any atom is -0.378 e. The van der Waals surface area contributed by atoms with Crippen LogP contribution >= 0.6 is 12.2 Å². The number of thiocarbonyl (C=S) groups is 1. The fourth-order valence-electron chi connectivity index (χ4n) is 6.41. The highest BCUT2D eigenvalue weighted by molar-refractivity contribution is 7.80. The van der Waals surface area contributed by atoms with Gasteiger partial charge in [0.1, 0.15) is 0 Å². The molecule has 8 nitrogen and oxygen atoms in total. The number of ether oxygens (including phenoxy) is 1. The van der Waals surface area contributed by atoms with Gasteiger partial charge in [-0.1, -0.05) is 18.2 Å². The predicted octanol–water partition coefficient (Wildman–Crippen LogP) is 5.94. The Morgan fingerprint density at radius 1 is 1.00 bits per heavy atom. The first-order chi connectivity index (χ1) is 21.3. The van der Waals surface area contributed by atoms with Gasteiger partial charge in [-0.15, -0.1) is 0 Å². The van der Waals surface area contributed by atoms with E-state index in [0.29, 0.717) is 18.1 Å². The zero-order valence-electron chi connectivity index (χ0n) is 25.8. The standard InChI is InChI=1S/C35H40N6O2S/c1-23-8-9-24(2)31(21-23)37-32(42)14-16-40-34(33(38-35(40)44)30-7-5-6-15-36-30)29-22-25(3)41(26(29)4)28-12-10-27(11-13-28)39-17-19-43-20-18-39/h5-13,15,21-22,33-34H,14,16-20H2,1-4H3,(H,37,42)(H,38,44)/t33-,34-/m1/s1. The molecular formula is C35H40N6O2S. The van der Waals surface area contributed by atoms with Crippen LogP contribution < -0.4 is 15.5 Å². The van der Waals surface area contributed by atoms with Crippen LogP contribution in [0.15, 0.2) is 72.9 Å². The molecule has 2 aromatic carbocycles. The highest BCUT2D eigenvalue weighted by Gasteiger charge is 2.41. The smallest absolute Gasteiger partial charge is 0.226 e. The highest BCUT2D eigenvalue weighted by Crippen LogP contribution is 2.41. The van der Waals surface area contributed by atoms with Gasteiger partial charge >= 0.3 is 0 Å². The Balaban J connectivity index is 1.28. The summed E-state index contributed by atoms with van der Waals surface area (Å²) in [4.78, 5) is 22.4. The third-order valence-electron chi connectivity index (χ3n) is 8.72. The van der Waals surface area contributed by atoms with Gasteiger partial charge in [0.05, 0.1) is 31.0 Å². The lowest BCUT2D eigenvalue weighted by Gasteiger charge is -2.29. The van der Waals surface area contributed by atoms with E-state index < -0.39 is 0 Å². The zero-order chi connectivity index (χ0) is 30.8. The summed E-state index contributed by atoms with van der Waals surface area (Å²) in [7, 11) is 0. The number of morpholine rings is 1. The molecule has 4 aromatic rings. The second-order valence-electron chi connectivity index (χ2n) is 11.7. The average molecular weight is 609 g/mol. The molecule has 2 aliphatic rings. The van der Waals surface area contributed by atoms with Crippen LogP contribution in [0.2, 0.25) is 0 Å². The van der Waals surface area contributed by atoms with E-state index in [9.17, 15) is 4.79 Å². The Bertz CT molecular complexity index is 1650. The van der Waals surface area contributed by atoms with Gasteiger partial charge in [-0.25, -0.2) is 0 Å². The van der Waals surface area contributed by atoms with Crippen LogP contribution in [0.4, 0.5) is 11.4 Å². The van der Waals surface area contributed by atoms with Gasteiger partial charge in [0.2, 0.25) is 5.91 Å². The number of rotatable bonds is 8. The van der Waals surface area contributed by atoms with Crippen molar-refractivity contribution in [1.82, 2.24) is 19.8 Å². The molecule has 2 saturated heterocycles. The molecule has 2 aliphatic heterocycles. The van der Waals surface area contributed by atoms with E-state index in [4.69, 9.17) is 21.9 Å². The summed E-state index contributed by atoms with van der Waals surface area (Å²) in [5, 5.41) is 7.27. The van der Waals surface area contributed by atoms with E-state index in [1.54, 1.807) is 0 Å². The van der Waals surface area contributed by atoms with Crippen molar-refractivity contribution in [2.24, 2.45) is 0 Å². The Kier molecular flexibility index (Phi) is 8.68. The lowest BCUT2D eigenvalue weighted by molar-refractivity contribution is -0.116. The van der Waals surface area contributed by atoms with Gasteiger partial charge in [-0.3, -0.25) is 9.78 Å². The molecular weight excluding hydrogens is 568 g/mol. The Morgan fingerprint density at radius 3 is 2.48 bits per heavy atom. The van der Waals surface area contributed by atoms with E-state index in [-0.39, 0.29) is 18.0 Å². The van der Waals surface area contributed by atoms with Gasteiger partial charge in [-0.05, 0) is 105 Å². The minimum absolute atomic E-state index is 0.0348. The largest absolute Gasteiger partial charge is 0.378 e. The summed E-state index contributed by atoms with van der Waals surface area (Å²) in [6.45, 7) is 12.2. The predicted molar refractivity (Wildman–Crippen MR) is 180 cm³/mol. The van der Waals surface area contributed by atoms with Crippen LogP contribution in [0.5, 0.6) is 0 Å². The number of aromatic nitrogens is 2. The molecule has 0 spiro atoms. The SMILES string of the molecule is Cc1ccc(C)c(NC(=O)CCN2C(=S)N[C@H](c3ccccn3)[C@H]2c2cc(C)n(-c3ccc(N4CCOCC4)cc3)c2C)c1. The van der Waals surface area contributed by atoms with Crippen molar-refractivity contribution in [2.75, 3.05) is 43.1 Å². The highest BCUT2D eigenvalue weighted by atomic mass is 32.1. The topological polar surface area (TPSA) is 74.7 Å². The maximum atomic E-state index is 13.2. The molecule has 44 heavy (non-hydrogen) atoms. The van der Waals surface area contributed by atoms with Gasteiger partial charge in [0.25, 0.3) is 0 Å². The molecule has 6 rings (SSSR count). The summed E-state index contributed by atoms with van der Waals surface area (Å²) in [5.41, 5.74) is 9.70. The summed E-state index contributed by atoms with van der Waals surface area (Å²) in [5.74, 6) is -0.0348. The van der Waals surface area contributed by atoms with Crippen LogP contribution in [0, 0.1) is 27.7 Å². The van der Waals surface area contributed by atoms with Crippen LogP contribution in [0.3, 0.4) is 0 Å². The van der Waals surface area contributed by atoms with Gasteiger partial charge < -0.3 is 29.7 Å². The maximum Gasteiger partial charge on any atom is 0.226 e. The molecule has 9 heteroatoms. The van der Waals surface area contributed by atoms with Crippen LogP contribution in [-0.2, 0) is 9.53 Å². The summed E-state index contributed by atoms with van der Waals surface area (Å²) in [6.07, 6.45) is 2.12. The molecule has 2 fully saturated rings. The molecule has 1 amide bonds. The minimum atomic E-state index is -0.150. The first-order valence-corrected chi connectivity index (χ1v) is 15.7. The third-order valence-corrected chi connectivity index (χ3v) is 9.07. The van der Waals surface area contributed by atoms with E-state index in [0.717, 1.165) is 71.5 Å². The van der Waals surface area contributed by atoms with E-state index in [1.165, 1.54) is 5.69 Å². The van der Waals surface area contributed by atoms with E-state index in [1.807, 2.05) is 50.4 Å². The number of amides is 1. The lowest BCUT2D eigenvalue weighted by atomic mass is 9.96. The number of aryl methyl sites for hydroxylation is 3. The number of hydrogen-bond donors (Lipinski definition) is 2. The first-order valence-electron chi connectivity index (χ1n) is 15.3. The van der Waals surface area contributed by atoms with Gasteiger partial charge in [0.15, 0.2) is 5.11 Å². The molecule has 2 N–H and O–H groups in total. The Hall–Kier alpha value is -4.21. The molecule has 228 valence electrons. The Morgan fingerprint density at radius 2 is 1.75 bits per heavy atom. The molecule has 0 saturated carbocycles. The average Bonchev–Trinajstić information content (AvgIpc) is 3.52.